The highest BCUT2D eigenvalue weighted by Crippen LogP contribution is 2.06. The summed E-state index contributed by atoms with van der Waals surface area (Å²) in [6.45, 7) is 5.03. The molecule has 0 saturated heterocycles. The van der Waals surface area contributed by atoms with E-state index in [-0.39, 0.29) is 25.0 Å². The number of aliphatic carboxylic acids is 1. The Bertz CT molecular complexity index is 252. The van der Waals surface area contributed by atoms with Crippen LogP contribution < -0.4 is 5.32 Å². The number of amides is 2. The fraction of sp³-hybridized carbons (Fsp3) is 0.833. The molecule has 0 aromatic carbocycles. The molecule has 18 heavy (non-hydrogen) atoms. The fourth-order valence-corrected chi connectivity index (χ4v) is 1.66. The van der Waals surface area contributed by atoms with Crippen LogP contribution in [0.3, 0.4) is 0 Å². The summed E-state index contributed by atoms with van der Waals surface area (Å²) in [5.41, 5.74) is 0. The number of nitrogens with one attached hydrogen (secondary N) is 1. The third-order valence-electron chi connectivity index (χ3n) is 2.73. The molecule has 0 aliphatic carbocycles. The number of aliphatic hydroxyl groups is 1. The normalized spacial score (nSPS) is 11.9. The third kappa shape index (κ3) is 7.11. The topological polar surface area (TPSA) is 89.9 Å². The molecule has 0 spiro atoms. The van der Waals surface area contributed by atoms with Gasteiger partial charge in [-0.3, -0.25) is 4.79 Å². The molecule has 0 fully saturated rings. The van der Waals surface area contributed by atoms with E-state index in [0.29, 0.717) is 26.1 Å². The summed E-state index contributed by atoms with van der Waals surface area (Å²) in [7, 11) is 0. The monoisotopic (exact) mass is 260 g/mol. The lowest BCUT2D eigenvalue weighted by Crippen LogP contribution is -2.43. The number of carboxylic acid groups (broad SMARTS) is 1. The fourth-order valence-electron chi connectivity index (χ4n) is 1.66. The lowest BCUT2D eigenvalue weighted by atomic mass is 10.0. The summed E-state index contributed by atoms with van der Waals surface area (Å²) < 4.78 is 0. The smallest absolute Gasteiger partial charge is 0.317 e. The minimum absolute atomic E-state index is 0.0518. The molecule has 2 amide bonds. The van der Waals surface area contributed by atoms with Crippen molar-refractivity contribution in [2.45, 2.75) is 33.1 Å². The summed E-state index contributed by atoms with van der Waals surface area (Å²) in [6, 6.07) is -0.241. The summed E-state index contributed by atoms with van der Waals surface area (Å²) in [4.78, 5) is 23.9. The van der Waals surface area contributed by atoms with Gasteiger partial charge in [-0.05, 0) is 12.3 Å². The number of rotatable bonds is 9. The Kier molecular flexibility index (Phi) is 9.00. The number of hydrogen-bond donors (Lipinski definition) is 3. The van der Waals surface area contributed by atoms with Crippen LogP contribution in [0.15, 0.2) is 0 Å². The second-order valence-electron chi connectivity index (χ2n) is 4.27. The van der Waals surface area contributed by atoms with Gasteiger partial charge in [-0.15, -0.1) is 0 Å². The SMILES string of the molecule is CCCN(CCO)C(=O)NCC(CC)CC(=O)O. The Labute approximate surface area is 108 Å². The molecule has 6 heteroatoms. The van der Waals surface area contributed by atoms with Crippen LogP contribution in [0.5, 0.6) is 0 Å². The van der Waals surface area contributed by atoms with Crippen LogP contribution in [0.2, 0.25) is 0 Å². The second-order valence-corrected chi connectivity index (χ2v) is 4.27. The van der Waals surface area contributed by atoms with Gasteiger partial charge in [0.05, 0.1) is 6.61 Å². The first kappa shape index (κ1) is 16.7. The maximum Gasteiger partial charge on any atom is 0.317 e. The van der Waals surface area contributed by atoms with Crippen molar-refractivity contribution in [3.05, 3.63) is 0 Å². The highest BCUT2D eigenvalue weighted by atomic mass is 16.4. The van der Waals surface area contributed by atoms with Gasteiger partial charge in [-0.2, -0.15) is 0 Å². The number of urea groups is 1. The van der Waals surface area contributed by atoms with Crippen LogP contribution >= 0.6 is 0 Å². The third-order valence-corrected chi connectivity index (χ3v) is 2.73. The van der Waals surface area contributed by atoms with Crippen LogP contribution in [0.4, 0.5) is 4.79 Å². The van der Waals surface area contributed by atoms with Gasteiger partial charge in [0.2, 0.25) is 0 Å². The minimum atomic E-state index is -0.850. The molecule has 106 valence electrons. The molecule has 0 aliphatic heterocycles. The van der Waals surface area contributed by atoms with Gasteiger partial charge >= 0.3 is 12.0 Å². The Morgan fingerprint density at radius 1 is 1.28 bits per heavy atom. The molecule has 0 bridgehead atoms. The number of aliphatic hydroxyl groups excluding tert-OH is 1. The molecule has 3 N–H and O–H groups in total. The van der Waals surface area contributed by atoms with Crippen LogP contribution in [-0.4, -0.2) is 53.4 Å². The molecule has 1 unspecified atom stereocenters. The van der Waals surface area contributed by atoms with Gasteiger partial charge in [0.1, 0.15) is 0 Å². The molecule has 0 aromatic rings. The average Bonchev–Trinajstić information content (AvgIpc) is 2.33. The van der Waals surface area contributed by atoms with Crippen LogP contribution in [0, 0.1) is 5.92 Å². The van der Waals surface area contributed by atoms with Crippen molar-refractivity contribution in [1.82, 2.24) is 10.2 Å². The molecule has 1 atom stereocenters. The van der Waals surface area contributed by atoms with E-state index in [1.54, 1.807) is 0 Å². The quantitative estimate of drug-likeness (QED) is 0.574. The molecular weight excluding hydrogens is 236 g/mol. The van der Waals surface area contributed by atoms with E-state index in [4.69, 9.17) is 10.2 Å². The Balaban J connectivity index is 4.14. The molecule has 0 aliphatic rings. The van der Waals surface area contributed by atoms with Crippen molar-refractivity contribution in [2.24, 2.45) is 5.92 Å². The molecule has 0 radical (unpaired) electrons. The van der Waals surface area contributed by atoms with Gasteiger partial charge in [0.25, 0.3) is 0 Å². The first-order chi connectivity index (χ1) is 8.54. The number of carbonyl (C=O) groups excluding carboxylic acids is 1. The predicted octanol–water partition coefficient (Wildman–Crippen LogP) is 0.901. The Morgan fingerprint density at radius 3 is 2.39 bits per heavy atom. The Morgan fingerprint density at radius 2 is 1.94 bits per heavy atom. The first-order valence-corrected chi connectivity index (χ1v) is 6.40. The van der Waals surface area contributed by atoms with E-state index in [9.17, 15) is 9.59 Å². The molecule has 0 rings (SSSR count). The van der Waals surface area contributed by atoms with Gasteiger partial charge in [0, 0.05) is 26.1 Å². The summed E-state index contributed by atoms with van der Waals surface area (Å²) in [5.74, 6) is -0.902. The van der Waals surface area contributed by atoms with Gasteiger partial charge < -0.3 is 20.4 Å². The van der Waals surface area contributed by atoms with E-state index >= 15 is 0 Å². The maximum absolute atomic E-state index is 11.8. The summed E-state index contributed by atoms with van der Waals surface area (Å²) >= 11 is 0. The zero-order valence-electron chi connectivity index (χ0n) is 11.2. The summed E-state index contributed by atoms with van der Waals surface area (Å²) in [5, 5.41) is 20.3. The van der Waals surface area contributed by atoms with Gasteiger partial charge in [-0.25, -0.2) is 4.79 Å². The van der Waals surface area contributed by atoms with Gasteiger partial charge in [-0.1, -0.05) is 20.3 Å². The number of nitrogens with zero attached hydrogens (tertiary/aromatic N) is 1. The van der Waals surface area contributed by atoms with E-state index in [1.807, 2.05) is 13.8 Å². The van der Waals surface area contributed by atoms with Crippen molar-refractivity contribution >= 4 is 12.0 Å². The van der Waals surface area contributed by atoms with Crippen LogP contribution in [-0.2, 0) is 4.79 Å². The Hall–Kier alpha value is -1.30. The van der Waals surface area contributed by atoms with E-state index < -0.39 is 5.97 Å². The lowest BCUT2D eigenvalue weighted by Gasteiger charge is -2.23. The highest BCUT2D eigenvalue weighted by Gasteiger charge is 2.15. The van der Waals surface area contributed by atoms with Crippen molar-refractivity contribution < 1.29 is 19.8 Å². The largest absolute Gasteiger partial charge is 0.481 e. The van der Waals surface area contributed by atoms with Crippen molar-refractivity contribution in [2.75, 3.05) is 26.2 Å². The van der Waals surface area contributed by atoms with E-state index in [2.05, 4.69) is 5.32 Å². The zero-order chi connectivity index (χ0) is 14.0. The summed E-state index contributed by atoms with van der Waals surface area (Å²) in [6.07, 6.45) is 1.59. The average molecular weight is 260 g/mol. The molecule has 0 aromatic heterocycles. The number of carbonyl (C=O) groups is 2. The second kappa shape index (κ2) is 9.70. The number of hydrogen-bond acceptors (Lipinski definition) is 3. The maximum atomic E-state index is 11.8. The first-order valence-electron chi connectivity index (χ1n) is 6.40. The zero-order valence-corrected chi connectivity index (χ0v) is 11.2. The molecular formula is C12H24N2O4. The lowest BCUT2D eigenvalue weighted by molar-refractivity contribution is -0.138. The van der Waals surface area contributed by atoms with E-state index in [1.165, 1.54) is 4.90 Å². The van der Waals surface area contributed by atoms with Crippen molar-refractivity contribution in [3.8, 4) is 0 Å². The molecule has 6 nitrogen and oxygen atoms in total. The van der Waals surface area contributed by atoms with Crippen molar-refractivity contribution in [3.63, 3.8) is 0 Å². The van der Waals surface area contributed by atoms with Crippen LogP contribution in [0.25, 0.3) is 0 Å². The van der Waals surface area contributed by atoms with Gasteiger partial charge in [0.15, 0.2) is 0 Å². The van der Waals surface area contributed by atoms with E-state index in [0.717, 1.165) is 6.42 Å². The highest BCUT2D eigenvalue weighted by molar-refractivity contribution is 5.74. The van der Waals surface area contributed by atoms with Crippen molar-refractivity contribution in [1.29, 1.82) is 0 Å². The number of carboxylic acids is 1. The van der Waals surface area contributed by atoms with Crippen LogP contribution in [0.1, 0.15) is 33.1 Å². The molecule has 0 saturated carbocycles. The molecule has 0 heterocycles. The minimum Gasteiger partial charge on any atom is -0.481 e. The standard InChI is InChI=1S/C12H24N2O4/c1-3-5-14(6-7-15)12(18)13-9-10(4-2)8-11(16)17/h10,15H,3-9H2,1-2H3,(H,13,18)(H,16,17). The predicted molar refractivity (Wildman–Crippen MR) is 68.4 cm³/mol.